The lowest BCUT2D eigenvalue weighted by atomic mass is 10.4. The van der Waals surface area contributed by atoms with Crippen LogP contribution in [0.1, 0.15) is 6.92 Å². The van der Waals surface area contributed by atoms with Crippen molar-refractivity contribution in [3.05, 3.63) is 0 Å². The largest absolute Gasteiger partial charge is 0.451 e. The first kappa shape index (κ1) is 15.5. The summed E-state index contributed by atoms with van der Waals surface area (Å²) in [6.07, 6.45) is -6.48. The normalized spacial score (nSPS) is 17.5. The molecule has 1 fully saturated rings. The van der Waals surface area contributed by atoms with Gasteiger partial charge in [0, 0.05) is 20.1 Å². The third-order valence-corrected chi connectivity index (χ3v) is 2.86. The maximum atomic E-state index is 12.5. The van der Waals surface area contributed by atoms with Crippen LogP contribution < -0.4 is 15.0 Å². The van der Waals surface area contributed by atoms with E-state index in [2.05, 4.69) is 20.3 Å². The molecule has 0 bridgehead atoms. The van der Waals surface area contributed by atoms with Crippen LogP contribution in [0, 0.1) is 0 Å². The summed E-state index contributed by atoms with van der Waals surface area (Å²) < 4.78 is 47.6. The average molecular weight is 307 g/mol. The predicted octanol–water partition coefficient (Wildman–Crippen LogP) is 1.08. The Hall–Kier alpha value is -1.84. The van der Waals surface area contributed by atoms with E-state index in [0.29, 0.717) is 26.3 Å². The van der Waals surface area contributed by atoms with Gasteiger partial charge in [-0.05, 0) is 6.92 Å². The third-order valence-electron chi connectivity index (χ3n) is 2.86. The van der Waals surface area contributed by atoms with Crippen LogP contribution in [-0.2, 0) is 4.74 Å². The van der Waals surface area contributed by atoms with E-state index in [-0.39, 0.29) is 17.9 Å². The number of ether oxygens (including phenoxy) is 2. The summed E-state index contributed by atoms with van der Waals surface area (Å²) in [5, 5.41) is 2.68. The van der Waals surface area contributed by atoms with E-state index in [1.54, 1.807) is 11.9 Å². The molecule has 10 heteroatoms. The molecule has 1 aliphatic heterocycles. The Balaban J connectivity index is 2.20. The smallest absolute Gasteiger partial charge is 0.425 e. The summed E-state index contributed by atoms with van der Waals surface area (Å²) in [7, 11) is 1.56. The molecule has 21 heavy (non-hydrogen) atoms. The first-order valence-corrected chi connectivity index (χ1v) is 6.40. The molecule has 1 N–H and O–H groups in total. The van der Waals surface area contributed by atoms with Gasteiger partial charge in [0.1, 0.15) is 0 Å². The quantitative estimate of drug-likeness (QED) is 0.892. The van der Waals surface area contributed by atoms with E-state index in [4.69, 9.17) is 9.47 Å². The van der Waals surface area contributed by atoms with E-state index >= 15 is 0 Å². The van der Waals surface area contributed by atoms with Crippen LogP contribution in [0.4, 0.5) is 25.1 Å². The number of rotatable bonds is 4. The topological polar surface area (TPSA) is 72.4 Å². The molecular formula is C11H16F3N5O2. The van der Waals surface area contributed by atoms with Crippen molar-refractivity contribution in [2.45, 2.75) is 19.2 Å². The Labute approximate surface area is 119 Å². The van der Waals surface area contributed by atoms with Crippen LogP contribution in [0.3, 0.4) is 0 Å². The molecule has 0 spiro atoms. The Morgan fingerprint density at radius 3 is 2.48 bits per heavy atom. The van der Waals surface area contributed by atoms with Gasteiger partial charge in [0.05, 0.1) is 13.2 Å². The number of aromatic nitrogens is 3. The second-order valence-electron chi connectivity index (χ2n) is 4.39. The van der Waals surface area contributed by atoms with Crippen LogP contribution in [0.25, 0.3) is 0 Å². The van der Waals surface area contributed by atoms with Crippen LogP contribution in [0.15, 0.2) is 0 Å². The van der Waals surface area contributed by atoms with Gasteiger partial charge < -0.3 is 19.7 Å². The van der Waals surface area contributed by atoms with E-state index in [0.717, 1.165) is 6.92 Å². The van der Waals surface area contributed by atoms with Gasteiger partial charge in [-0.1, -0.05) is 0 Å². The van der Waals surface area contributed by atoms with Crippen molar-refractivity contribution in [2.75, 3.05) is 43.6 Å². The highest BCUT2D eigenvalue weighted by molar-refractivity contribution is 5.38. The van der Waals surface area contributed by atoms with Crippen molar-refractivity contribution >= 4 is 11.9 Å². The Morgan fingerprint density at radius 2 is 1.90 bits per heavy atom. The second kappa shape index (κ2) is 6.29. The van der Waals surface area contributed by atoms with Crippen molar-refractivity contribution in [3.63, 3.8) is 0 Å². The number of morpholine rings is 1. The molecule has 2 rings (SSSR count). The molecule has 1 aromatic rings. The molecule has 1 aromatic heterocycles. The molecule has 0 amide bonds. The number of hydrogen-bond acceptors (Lipinski definition) is 7. The van der Waals surface area contributed by atoms with Crippen molar-refractivity contribution in [2.24, 2.45) is 0 Å². The predicted molar refractivity (Wildman–Crippen MR) is 68.6 cm³/mol. The summed E-state index contributed by atoms with van der Waals surface area (Å²) in [4.78, 5) is 13.7. The van der Waals surface area contributed by atoms with Gasteiger partial charge in [-0.3, -0.25) is 0 Å². The van der Waals surface area contributed by atoms with Crippen molar-refractivity contribution in [1.29, 1.82) is 0 Å². The molecule has 1 aliphatic rings. The highest BCUT2D eigenvalue weighted by Crippen LogP contribution is 2.24. The lowest BCUT2D eigenvalue weighted by Gasteiger charge is -2.27. The second-order valence-corrected chi connectivity index (χ2v) is 4.39. The van der Waals surface area contributed by atoms with Crippen molar-refractivity contribution in [1.82, 2.24) is 15.0 Å². The highest BCUT2D eigenvalue weighted by atomic mass is 19.4. The lowest BCUT2D eigenvalue weighted by molar-refractivity contribution is -0.190. The molecule has 0 radical (unpaired) electrons. The van der Waals surface area contributed by atoms with Gasteiger partial charge in [0.25, 0.3) is 0 Å². The molecular weight excluding hydrogens is 291 g/mol. The minimum absolute atomic E-state index is 0.149. The molecule has 0 aliphatic carbocycles. The van der Waals surface area contributed by atoms with Crippen LogP contribution >= 0.6 is 0 Å². The SMILES string of the molecule is CNc1nc(OC(C)C(F)(F)F)nc(N2CCOCC2)n1. The number of hydrogen-bond donors (Lipinski definition) is 1. The maximum Gasteiger partial charge on any atom is 0.425 e. The van der Waals surface area contributed by atoms with Crippen LogP contribution in [0.5, 0.6) is 6.01 Å². The fraction of sp³-hybridized carbons (Fsp3) is 0.727. The Kier molecular flexibility index (Phi) is 4.66. The fourth-order valence-corrected chi connectivity index (χ4v) is 1.64. The maximum absolute atomic E-state index is 12.5. The van der Waals surface area contributed by atoms with Gasteiger partial charge in [-0.15, -0.1) is 0 Å². The van der Waals surface area contributed by atoms with Gasteiger partial charge >= 0.3 is 12.2 Å². The van der Waals surface area contributed by atoms with Crippen LogP contribution in [-0.4, -0.2) is 60.6 Å². The molecule has 1 atom stereocenters. The minimum atomic E-state index is -4.48. The summed E-state index contributed by atoms with van der Waals surface area (Å²) in [6.45, 7) is 3.03. The van der Waals surface area contributed by atoms with E-state index in [1.807, 2.05) is 0 Å². The van der Waals surface area contributed by atoms with E-state index < -0.39 is 12.3 Å². The molecule has 1 unspecified atom stereocenters. The minimum Gasteiger partial charge on any atom is -0.451 e. The highest BCUT2D eigenvalue weighted by Gasteiger charge is 2.38. The van der Waals surface area contributed by atoms with Gasteiger partial charge in [0.15, 0.2) is 6.10 Å². The number of nitrogens with zero attached hydrogens (tertiary/aromatic N) is 4. The zero-order valence-corrected chi connectivity index (χ0v) is 11.6. The van der Waals surface area contributed by atoms with E-state index in [1.165, 1.54) is 0 Å². The third kappa shape index (κ3) is 4.06. The van der Waals surface area contributed by atoms with Gasteiger partial charge in [0.2, 0.25) is 11.9 Å². The molecule has 7 nitrogen and oxygen atoms in total. The van der Waals surface area contributed by atoms with Crippen molar-refractivity contribution < 1.29 is 22.6 Å². The molecule has 1 saturated heterocycles. The molecule has 2 heterocycles. The summed E-state index contributed by atoms with van der Waals surface area (Å²) >= 11 is 0. The lowest BCUT2D eigenvalue weighted by Crippen LogP contribution is -2.38. The average Bonchev–Trinajstić information content (AvgIpc) is 2.46. The Morgan fingerprint density at radius 1 is 1.24 bits per heavy atom. The van der Waals surface area contributed by atoms with Gasteiger partial charge in [-0.2, -0.15) is 28.1 Å². The Bertz CT molecular complexity index is 479. The summed E-state index contributed by atoms with van der Waals surface area (Å²) in [5.41, 5.74) is 0. The summed E-state index contributed by atoms with van der Waals surface area (Å²) in [6, 6.07) is -0.360. The molecule has 0 saturated carbocycles. The number of nitrogens with one attached hydrogen (secondary N) is 1. The fourth-order valence-electron chi connectivity index (χ4n) is 1.64. The zero-order valence-electron chi connectivity index (χ0n) is 11.6. The molecule has 0 aromatic carbocycles. The van der Waals surface area contributed by atoms with Gasteiger partial charge in [-0.25, -0.2) is 0 Å². The number of alkyl halides is 3. The number of halogens is 3. The monoisotopic (exact) mass is 307 g/mol. The zero-order chi connectivity index (χ0) is 15.5. The number of anilines is 2. The standard InChI is InChI=1S/C11H16F3N5O2/c1-7(11(12,13)14)21-10-17-8(15-2)16-9(18-10)19-3-5-20-6-4-19/h7H,3-6H2,1-2H3,(H,15,16,17,18). The first-order valence-electron chi connectivity index (χ1n) is 6.40. The van der Waals surface area contributed by atoms with E-state index in [9.17, 15) is 13.2 Å². The summed E-state index contributed by atoms with van der Waals surface area (Å²) in [5.74, 6) is 0.415. The van der Waals surface area contributed by atoms with Crippen molar-refractivity contribution in [3.8, 4) is 6.01 Å². The first-order chi connectivity index (χ1) is 9.90. The molecule has 118 valence electrons. The van der Waals surface area contributed by atoms with Crippen LogP contribution in [0.2, 0.25) is 0 Å².